The molecule has 0 saturated heterocycles. The first kappa shape index (κ1) is 15.2. The van der Waals surface area contributed by atoms with Crippen LogP contribution < -0.4 is 0 Å². The van der Waals surface area contributed by atoms with E-state index < -0.39 is 0 Å². The Morgan fingerprint density at radius 1 is 0.692 bits per heavy atom. The first-order valence-corrected chi connectivity index (χ1v) is 8.83. The highest BCUT2D eigenvalue weighted by Crippen LogP contribution is 2.43. The van der Waals surface area contributed by atoms with E-state index in [0.717, 1.165) is 28.1 Å². The second-order valence-electron chi connectivity index (χ2n) is 6.35. The third-order valence-electron chi connectivity index (χ3n) is 4.82. The van der Waals surface area contributed by atoms with E-state index in [4.69, 9.17) is 11.6 Å². The van der Waals surface area contributed by atoms with Crippen molar-refractivity contribution in [3.63, 3.8) is 0 Å². The van der Waals surface area contributed by atoms with Crippen LogP contribution >= 0.6 is 11.6 Å². The minimum atomic E-state index is 0.0172. The maximum atomic E-state index is 13.2. The van der Waals surface area contributed by atoms with Crippen molar-refractivity contribution >= 4 is 17.4 Å². The van der Waals surface area contributed by atoms with Gasteiger partial charge in [0, 0.05) is 21.8 Å². The smallest absolute Gasteiger partial charge is 0.211 e. The number of fused-ring (bicyclic) bond motifs is 3. The first-order valence-electron chi connectivity index (χ1n) is 8.45. The fourth-order valence-corrected chi connectivity index (χ4v) is 3.85. The fraction of sp³-hybridized carbons (Fsp3) is 0. The summed E-state index contributed by atoms with van der Waals surface area (Å²) in [5, 5.41) is 0.580. The van der Waals surface area contributed by atoms with Crippen molar-refractivity contribution in [2.24, 2.45) is 0 Å². The normalized spacial score (nSPS) is 12.1. The minimum Gasteiger partial charge on any atom is -0.306 e. The summed E-state index contributed by atoms with van der Waals surface area (Å²) >= 11 is 6.12. The number of aromatic nitrogens is 1. The highest BCUT2D eigenvalue weighted by molar-refractivity contribution is 6.32. The standard InChI is InChI=1S/C23H14ClNO/c24-16-11-12-18-19-14-21(15-7-3-1-4-8-15)25(17-9-5-2-6-10-17)22(19)23(26)20(18)13-16/h1-14H. The van der Waals surface area contributed by atoms with Crippen molar-refractivity contribution in [1.29, 1.82) is 0 Å². The van der Waals surface area contributed by atoms with E-state index in [1.807, 2.05) is 60.7 Å². The van der Waals surface area contributed by atoms with E-state index in [9.17, 15) is 4.79 Å². The summed E-state index contributed by atoms with van der Waals surface area (Å²) in [6.07, 6.45) is 0. The Balaban J connectivity index is 1.85. The van der Waals surface area contributed by atoms with E-state index >= 15 is 0 Å². The third kappa shape index (κ3) is 2.16. The van der Waals surface area contributed by atoms with Gasteiger partial charge < -0.3 is 4.57 Å². The Kier molecular flexibility index (Phi) is 3.34. The molecule has 0 radical (unpaired) electrons. The zero-order valence-corrected chi connectivity index (χ0v) is 14.6. The summed E-state index contributed by atoms with van der Waals surface area (Å²) in [5.74, 6) is 0.0172. The van der Waals surface area contributed by atoms with Crippen LogP contribution in [0.5, 0.6) is 0 Å². The molecule has 0 spiro atoms. The lowest BCUT2D eigenvalue weighted by Gasteiger charge is -2.12. The summed E-state index contributed by atoms with van der Waals surface area (Å²) in [7, 11) is 0. The molecule has 5 rings (SSSR count). The molecule has 3 heteroatoms. The maximum Gasteiger partial charge on any atom is 0.211 e. The Bertz CT molecular complexity index is 1140. The quantitative estimate of drug-likeness (QED) is 0.380. The van der Waals surface area contributed by atoms with Gasteiger partial charge >= 0.3 is 0 Å². The molecule has 2 nitrogen and oxygen atoms in total. The van der Waals surface area contributed by atoms with Gasteiger partial charge in [0.1, 0.15) is 5.69 Å². The average molecular weight is 356 g/mol. The topological polar surface area (TPSA) is 22.0 Å². The summed E-state index contributed by atoms with van der Waals surface area (Å²) in [4.78, 5) is 13.2. The summed E-state index contributed by atoms with van der Waals surface area (Å²) in [6.45, 7) is 0. The number of rotatable bonds is 2. The van der Waals surface area contributed by atoms with Gasteiger partial charge in [-0.3, -0.25) is 4.79 Å². The van der Waals surface area contributed by atoms with Crippen LogP contribution in [-0.4, -0.2) is 10.4 Å². The van der Waals surface area contributed by atoms with Crippen LogP contribution in [0.2, 0.25) is 5.02 Å². The second-order valence-corrected chi connectivity index (χ2v) is 6.78. The molecule has 1 aliphatic rings. The number of ketones is 1. The van der Waals surface area contributed by atoms with Crippen LogP contribution in [0.1, 0.15) is 16.1 Å². The zero-order valence-electron chi connectivity index (χ0n) is 13.8. The highest BCUT2D eigenvalue weighted by Gasteiger charge is 2.33. The van der Waals surface area contributed by atoms with Gasteiger partial charge in [-0.15, -0.1) is 0 Å². The molecule has 1 aliphatic carbocycles. The van der Waals surface area contributed by atoms with Crippen LogP contribution in [0.25, 0.3) is 28.1 Å². The summed E-state index contributed by atoms with van der Waals surface area (Å²) in [6, 6.07) is 27.8. The van der Waals surface area contributed by atoms with Gasteiger partial charge in [0.05, 0.1) is 5.69 Å². The van der Waals surface area contributed by atoms with Gasteiger partial charge in [-0.1, -0.05) is 66.2 Å². The lowest BCUT2D eigenvalue weighted by atomic mass is 10.1. The van der Waals surface area contributed by atoms with Crippen LogP contribution in [-0.2, 0) is 0 Å². The Hall–Kier alpha value is -3.10. The number of para-hydroxylation sites is 1. The van der Waals surface area contributed by atoms with Crippen molar-refractivity contribution in [3.05, 3.63) is 101 Å². The molecule has 0 aliphatic heterocycles. The minimum absolute atomic E-state index is 0.0172. The van der Waals surface area contributed by atoms with Crippen LogP contribution in [0.3, 0.4) is 0 Å². The molecule has 1 aromatic heterocycles. The van der Waals surface area contributed by atoms with E-state index in [2.05, 4.69) is 22.8 Å². The highest BCUT2D eigenvalue weighted by atomic mass is 35.5. The van der Waals surface area contributed by atoms with Crippen molar-refractivity contribution in [3.8, 4) is 28.1 Å². The zero-order chi connectivity index (χ0) is 17.7. The lowest BCUT2D eigenvalue weighted by molar-refractivity contribution is 0.103. The van der Waals surface area contributed by atoms with Gasteiger partial charge in [-0.2, -0.15) is 0 Å². The molecule has 4 aromatic rings. The molecule has 0 atom stereocenters. The van der Waals surface area contributed by atoms with Gasteiger partial charge in [0.25, 0.3) is 0 Å². The molecule has 0 saturated carbocycles. The molecule has 1 heterocycles. The monoisotopic (exact) mass is 355 g/mol. The molecule has 26 heavy (non-hydrogen) atoms. The second kappa shape index (κ2) is 5.72. The van der Waals surface area contributed by atoms with E-state index in [1.54, 1.807) is 6.07 Å². The van der Waals surface area contributed by atoms with E-state index in [0.29, 0.717) is 16.3 Å². The van der Waals surface area contributed by atoms with Crippen molar-refractivity contribution < 1.29 is 4.79 Å². The van der Waals surface area contributed by atoms with Crippen molar-refractivity contribution in [2.75, 3.05) is 0 Å². The number of benzene rings is 3. The molecular formula is C23H14ClNO. The molecule has 3 aromatic carbocycles. The van der Waals surface area contributed by atoms with Crippen molar-refractivity contribution in [1.82, 2.24) is 4.57 Å². The number of carbonyl (C=O) groups excluding carboxylic acids is 1. The molecule has 0 N–H and O–H groups in total. The van der Waals surface area contributed by atoms with Crippen LogP contribution in [0.4, 0.5) is 0 Å². The lowest BCUT2D eigenvalue weighted by Crippen LogP contribution is -2.07. The molecular weight excluding hydrogens is 342 g/mol. The Morgan fingerprint density at radius 2 is 1.38 bits per heavy atom. The number of halogens is 1. The number of hydrogen-bond donors (Lipinski definition) is 0. The van der Waals surface area contributed by atoms with Crippen LogP contribution in [0.15, 0.2) is 84.9 Å². The first-order chi connectivity index (χ1) is 12.7. The number of nitrogens with zero attached hydrogens (tertiary/aromatic N) is 1. The fourth-order valence-electron chi connectivity index (χ4n) is 3.67. The predicted molar refractivity (Wildman–Crippen MR) is 105 cm³/mol. The molecule has 0 bridgehead atoms. The maximum absolute atomic E-state index is 13.2. The largest absolute Gasteiger partial charge is 0.306 e. The Labute approximate surface area is 156 Å². The molecule has 0 unspecified atom stereocenters. The van der Waals surface area contributed by atoms with E-state index in [-0.39, 0.29) is 5.78 Å². The van der Waals surface area contributed by atoms with Gasteiger partial charge in [-0.05, 0) is 41.5 Å². The molecule has 0 fully saturated rings. The number of carbonyl (C=O) groups is 1. The predicted octanol–water partition coefficient (Wildman–Crippen LogP) is 6.01. The van der Waals surface area contributed by atoms with Gasteiger partial charge in [0.2, 0.25) is 5.78 Å². The van der Waals surface area contributed by atoms with Gasteiger partial charge in [0.15, 0.2) is 0 Å². The average Bonchev–Trinajstić information content (AvgIpc) is 3.20. The van der Waals surface area contributed by atoms with E-state index in [1.165, 1.54) is 0 Å². The SMILES string of the molecule is O=C1c2cc(Cl)ccc2-c2cc(-c3ccccc3)n(-c3ccccc3)c21. The van der Waals surface area contributed by atoms with Crippen molar-refractivity contribution in [2.45, 2.75) is 0 Å². The van der Waals surface area contributed by atoms with Crippen LogP contribution in [0, 0.1) is 0 Å². The molecule has 124 valence electrons. The third-order valence-corrected chi connectivity index (χ3v) is 5.05. The van der Waals surface area contributed by atoms with Gasteiger partial charge in [-0.25, -0.2) is 0 Å². The number of hydrogen-bond acceptors (Lipinski definition) is 1. The molecule has 0 amide bonds. The summed E-state index contributed by atoms with van der Waals surface area (Å²) < 4.78 is 2.06. The summed E-state index contributed by atoms with van der Waals surface area (Å²) in [5.41, 5.74) is 6.34. The Morgan fingerprint density at radius 3 is 2.12 bits per heavy atom.